The van der Waals surface area contributed by atoms with Gasteiger partial charge in [-0.3, -0.25) is 14.3 Å². The van der Waals surface area contributed by atoms with Crippen molar-refractivity contribution in [1.82, 2.24) is 9.55 Å². The number of nitrogens with zero attached hydrogens (tertiary/aromatic N) is 1. The van der Waals surface area contributed by atoms with Gasteiger partial charge in [0.25, 0.3) is 5.56 Å². The van der Waals surface area contributed by atoms with E-state index in [9.17, 15) is 24.2 Å². The van der Waals surface area contributed by atoms with Crippen LogP contribution in [0.15, 0.2) is 15.8 Å². The van der Waals surface area contributed by atoms with E-state index in [1.54, 1.807) is 0 Å². The van der Waals surface area contributed by atoms with Crippen molar-refractivity contribution < 1.29 is 24.4 Å². The number of hydrogen-bond donors (Lipinski definition) is 4. The SMILES string of the molecule is O=c1[nH]c(=O)n(CCF)cc1[C@@H]1O[C@H](CO)[C@@H](O)[C@H]1O. The van der Waals surface area contributed by atoms with E-state index in [2.05, 4.69) is 0 Å². The first-order valence-electron chi connectivity index (χ1n) is 6.01. The highest BCUT2D eigenvalue weighted by Gasteiger charge is 2.44. The van der Waals surface area contributed by atoms with Crippen LogP contribution < -0.4 is 11.2 Å². The van der Waals surface area contributed by atoms with Gasteiger partial charge in [-0.05, 0) is 0 Å². The Morgan fingerprint density at radius 2 is 2.05 bits per heavy atom. The molecule has 4 N–H and O–H groups in total. The highest BCUT2D eigenvalue weighted by atomic mass is 19.1. The Morgan fingerprint density at radius 3 is 2.60 bits per heavy atom. The Hall–Kier alpha value is -1.55. The molecule has 2 rings (SSSR count). The van der Waals surface area contributed by atoms with Crippen LogP contribution in [0.1, 0.15) is 11.7 Å². The topological polar surface area (TPSA) is 125 Å². The van der Waals surface area contributed by atoms with Crippen LogP contribution in [-0.2, 0) is 11.3 Å². The van der Waals surface area contributed by atoms with E-state index >= 15 is 0 Å². The summed E-state index contributed by atoms with van der Waals surface area (Å²) in [4.78, 5) is 25.1. The van der Waals surface area contributed by atoms with Crippen molar-refractivity contribution in [2.45, 2.75) is 31.0 Å². The van der Waals surface area contributed by atoms with Crippen molar-refractivity contribution in [3.05, 3.63) is 32.6 Å². The number of hydrogen-bond acceptors (Lipinski definition) is 6. The predicted octanol–water partition coefficient (Wildman–Crippen LogP) is -2.34. The van der Waals surface area contributed by atoms with Gasteiger partial charge in [-0.1, -0.05) is 0 Å². The van der Waals surface area contributed by atoms with Crippen molar-refractivity contribution in [2.75, 3.05) is 13.3 Å². The van der Waals surface area contributed by atoms with Crippen LogP contribution in [0.5, 0.6) is 0 Å². The molecule has 0 bridgehead atoms. The maximum Gasteiger partial charge on any atom is 0.328 e. The lowest BCUT2D eigenvalue weighted by Gasteiger charge is -2.15. The lowest BCUT2D eigenvalue weighted by atomic mass is 10.0. The van der Waals surface area contributed by atoms with Gasteiger partial charge in [0, 0.05) is 6.20 Å². The molecule has 20 heavy (non-hydrogen) atoms. The van der Waals surface area contributed by atoms with E-state index in [0.717, 1.165) is 10.8 Å². The normalized spacial score (nSPS) is 29.8. The summed E-state index contributed by atoms with van der Waals surface area (Å²) in [5.74, 6) is 0. The van der Waals surface area contributed by atoms with E-state index in [-0.39, 0.29) is 12.1 Å². The average molecular weight is 290 g/mol. The fraction of sp³-hybridized carbons (Fsp3) is 0.636. The van der Waals surface area contributed by atoms with Crippen LogP contribution >= 0.6 is 0 Å². The van der Waals surface area contributed by atoms with Gasteiger partial charge in [0.2, 0.25) is 0 Å². The summed E-state index contributed by atoms with van der Waals surface area (Å²) in [5, 5.41) is 28.4. The van der Waals surface area contributed by atoms with Crippen LogP contribution in [0.2, 0.25) is 0 Å². The molecule has 1 saturated heterocycles. The number of rotatable bonds is 4. The Balaban J connectivity index is 2.40. The molecule has 0 aromatic carbocycles. The minimum absolute atomic E-state index is 0.111. The van der Waals surface area contributed by atoms with Gasteiger partial charge in [0.15, 0.2) is 0 Å². The molecule has 9 heteroatoms. The number of aryl methyl sites for hydroxylation is 1. The number of aromatic nitrogens is 2. The molecule has 0 amide bonds. The highest BCUT2D eigenvalue weighted by molar-refractivity contribution is 5.14. The molecular formula is C11H15FN2O6. The largest absolute Gasteiger partial charge is 0.394 e. The molecule has 0 spiro atoms. The molecule has 0 radical (unpaired) electrons. The van der Waals surface area contributed by atoms with Gasteiger partial charge in [0.05, 0.1) is 18.7 Å². The summed E-state index contributed by atoms with van der Waals surface area (Å²) in [6.45, 7) is -1.59. The number of aromatic amines is 1. The number of aliphatic hydroxyl groups is 3. The van der Waals surface area contributed by atoms with Crippen molar-refractivity contribution in [2.24, 2.45) is 0 Å². The number of alkyl halides is 1. The van der Waals surface area contributed by atoms with Crippen molar-refractivity contribution in [3.63, 3.8) is 0 Å². The first-order valence-corrected chi connectivity index (χ1v) is 6.01. The lowest BCUT2D eigenvalue weighted by molar-refractivity contribution is -0.0233. The first kappa shape index (κ1) is 14.9. The fourth-order valence-electron chi connectivity index (χ4n) is 2.14. The van der Waals surface area contributed by atoms with Gasteiger partial charge >= 0.3 is 5.69 Å². The smallest absolute Gasteiger partial charge is 0.328 e. The predicted molar refractivity (Wildman–Crippen MR) is 64.0 cm³/mol. The van der Waals surface area contributed by atoms with E-state index in [0.29, 0.717) is 0 Å². The summed E-state index contributed by atoms with van der Waals surface area (Å²) in [6, 6.07) is 0. The quantitative estimate of drug-likeness (QED) is 0.492. The van der Waals surface area contributed by atoms with Gasteiger partial charge in [-0.2, -0.15) is 0 Å². The number of nitrogens with one attached hydrogen (secondary N) is 1. The monoisotopic (exact) mass is 290 g/mol. The molecule has 8 nitrogen and oxygen atoms in total. The molecule has 1 fully saturated rings. The molecule has 1 aromatic heterocycles. The van der Waals surface area contributed by atoms with Gasteiger partial charge < -0.3 is 20.1 Å². The lowest BCUT2D eigenvalue weighted by Crippen LogP contribution is -2.36. The third-order valence-electron chi connectivity index (χ3n) is 3.21. The highest BCUT2D eigenvalue weighted by Crippen LogP contribution is 2.31. The zero-order valence-corrected chi connectivity index (χ0v) is 10.4. The number of ether oxygens (including phenoxy) is 1. The zero-order valence-electron chi connectivity index (χ0n) is 10.4. The summed E-state index contributed by atoms with van der Waals surface area (Å²) in [7, 11) is 0. The Bertz CT molecular complexity index is 585. The van der Waals surface area contributed by atoms with Crippen LogP contribution in [0.4, 0.5) is 4.39 Å². The number of halogens is 1. The van der Waals surface area contributed by atoms with E-state index < -0.39 is 48.9 Å². The van der Waals surface area contributed by atoms with Gasteiger partial charge in [-0.15, -0.1) is 0 Å². The Labute approximate surface area is 112 Å². The van der Waals surface area contributed by atoms with Crippen molar-refractivity contribution in [3.8, 4) is 0 Å². The maximum atomic E-state index is 12.3. The van der Waals surface area contributed by atoms with Gasteiger partial charge in [0.1, 0.15) is 31.1 Å². The fourth-order valence-corrected chi connectivity index (χ4v) is 2.14. The van der Waals surface area contributed by atoms with Crippen molar-refractivity contribution in [1.29, 1.82) is 0 Å². The van der Waals surface area contributed by atoms with Crippen LogP contribution in [-0.4, -0.2) is 56.5 Å². The zero-order chi connectivity index (χ0) is 14.9. The first-order chi connectivity index (χ1) is 9.49. The van der Waals surface area contributed by atoms with Crippen LogP contribution in [0, 0.1) is 0 Å². The second-order valence-electron chi connectivity index (χ2n) is 4.48. The molecule has 1 aliphatic rings. The maximum absolute atomic E-state index is 12.3. The molecular weight excluding hydrogens is 275 g/mol. The minimum atomic E-state index is -1.43. The third-order valence-corrected chi connectivity index (χ3v) is 3.21. The summed E-state index contributed by atoms with van der Waals surface area (Å²) < 4.78 is 18.5. The molecule has 0 aliphatic carbocycles. The molecule has 1 aromatic rings. The molecule has 0 unspecified atom stereocenters. The van der Waals surface area contributed by atoms with Crippen LogP contribution in [0.25, 0.3) is 0 Å². The molecule has 0 saturated carbocycles. The second kappa shape index (κ2) is 5.83. The molecule has 112 valence electrons. The van der Waals surface area contributed by atoms with E-state index in [1.807, 2.05) is 4.98 Å². The van der Waals surface area contributed by atoms with Crippen LogP contribution in [0.3, 0.4) is 0 Å². The van der Waals surface area contributed by atoms with E-state index in [4.69, 9.17) is 9.84 Å². The molecule has 1 aliphatic heterocycles. The third kappa shape index (κ3) is 2.52. The second-order valence-corrected chi connectivity index (χ2v) is 4.48. The Kier molecular flexibility index (Phi) is 4.33. The standard InChI is InChI=1S/C11H15FN2O6/c12-1-2-14-3-5(10(18)13-11(14)19)9-8(17)7(16)6(4-15)20-9/h3,6-9,15-17H,1-2,4H2,(H,13,18,19)/t6-,7-,8-,9+/m1/s1. The number of aliphatic hydroxyl groups excluding tert-OH is 3. The Morgan fingerprint density at radius 1 is 1.35 bits per heavy atom. The minimum Gasteiger partial charge on any atom is -0.394 e. The van der Waals surface area contributed by atoms with Crippen molar-refractivity contribution >= 4 is 0 Å². The van der Waals surface area contributed by atoms with Gasteiger partial charge in [-0.25, -0.2) is 9.18 Å². The average Bonchev–Trinajstić information content (AvgIpc) is 2.70. The summed E-state index contributed by atoms with van der Waals surface area (Å²) in [6.07, 6.45) is -3.93. The molecule has 2 heterocycles. The number of H-pyrrole nitrogens is 1. The van der Waals surface area contributed by atoms with E-state index in [1.165, 1.54) is 0 Å². The summed E-state index contributed by atoms with van der Waals surface area (Å²) >= 11 is 0. The summed E-state index contributed by atoms with van der Waals surface area (Å²) in [5.41, 5.74) is -1.68. The molecule has 4 atom stereocenters.